The van der Waals surface area contributed by atoms with E-state index in [9.17, 15) is 9.59 Å². The highest BCUT2D eigenvalue weighted by atomic mass is 16.5. The lowest BCUT2D eigenvalue weighted by Crippen LogP contribution is -2.19. The van der Waals surface area contributed by atoms with E-state index in [-0.39, 0.29) is 5.56 Å². The minimum absolute atomic E-state index is 0.0255. The summed E-state index contributed by atoms with van der Waals surface area (Å²) < 4.78 is 6.23. The second-order valence-electron chi connectivity index (χ2n) is 6.37. The molecule has 132 valence electrons. The normalized spacial score (nSPS) is 11.3. The van der Waals surface area contributed by atoms with E-state index in [0.717, 1.165) is 28.2 Å². The number of H-pyrrole nitrogens is 1. The van der Waals surface area contributed by atoms with Crippen LogP contribution in [0.1, 0.15) is 28.5 Å². The number of aromatic amines is 1. The van der Waals surface area contributed by atoms with Gasteiger partial charge in [-0.2, -0.15) is 0 Å². The van der Waals surface area contributed by atoms with Crippen LogP contribution in [0.15, 0.2) is 45.7 Å². The summed E-state index contributed by atoms with van der Waals surface area (Å²) in [6.45, 7) is 3.80. The topological polar surface area (TPSA) is 80.0 Å². The van der Waals surface area contributed by atoms with Crippen LogP contribution < -0.4 is 10.9 Å². The summed E-state index contributed by atoms with van der Waals surface area (Å²) >= 11 is 0. The van der Waals surface area contributed by atoms with E-state index in [4.69, 9.17) is 4.52 Å². The lowest BCUT2D eigenvalue weighted by atomic mass is 10.1. The van der Waals surface area contributed by atoms with Crippen molar-refractivity contribution in [2.45, 2.75) is 20.3 Å². The first-order valence-electron chi connectivity index (χ1n) is 8.51. The third-order valence-electron chi connectivity index (χ3n) is 4.84. The summed E-state index contributed by atoms with van der Waals surface area (Å²) in [5.41, 5.74) is 3.81. The number of hydrogen-bond donors (Lipinski definition) is 2. The number of aromatic nitrogens is 2. The molecule has 0 bridgehead atoms. The van der Waals surface area contributed by atoms with Crippen LogP contribution in [-0.4, -0.2) is 15.6 Å². The Morgan fingerprint density at radius 2 is 2.04 bits per heavy atom. The first-order chi connectivity index (χ1) is 12.5. The van der Waals surface area contributed by atoms with Crippen LogP contribution >= 0.6 is 0 Å². The molecule has 0 aliphatic carbocycles. The molecule has 2 aromatic heterocycles. The molecule has 0 unspecified atom stereocenters. The molecule has 0 fully saturated rings. The summed E-state index contributed by atoms with van der Waals surface area (Å²) in [6, 6.07) is 12.0. The molecule has 26 heavy (non-hydrogen) atoms. The molecule has 0 saturated heterocycles. The van der Waals surface area contributed by atoms with Gasteiger partial charge in [0.2, 0.25) is 0 Å². The van der Waals surface area contributed by atoms with Crippen LogP contribution in [0.2, 0.25) is 0 Å². The number of nitrogens with one attached hydrogen (secondary N) is 2. The van der Waals surface area contributed by atoms with Gasteiger partial charge in [-0.05, 0) is 31.0 Å². The number of rotatable bonds is 3. The molecule has 0 radical (unpaired) electrons. The highest BCUT2D eigenvalue weighted by Crippen LogP contribution is 2.29. The van der Waals surface area contributed by atoms with Gasteiger partial charge in [0.05, 0.1) is 5.69 Å². The van der Waals surface area contributed by atoms with E-state index in [1.54, 1.807) is 14.0 Å². The number of nitrogens with zero attached hydrogens (tertiary/aromatic N) is 1. The Bertz CT molecular complexity index is 1210. The largest absolute Gasteiger partial charge is 0.370 e. The average Bonchev–Trinajstić information content (AvgIpc) is 3.10. The Labute approximate surface area is 149 Å². The minimum atomic E-state index is -0.637. The van der Waals surface area contributed by atoms with Gasteiger partial charge < -0.3 is 14.8 Å². The van der Waals surface area contributed by atoms with E-state index in [0.29, 0.717) is 11.4 Å². The highest BCUT2D eigenvalue weighted by molar-refractivity contribution is 6.10. The molecule has 2 N–H and O–H groups in total. The third kappa shape index (κ3) is 2.42. The predicted octanol–water partition coefficient (Wildman–Crippen LogP) is 3.74. The first-order valence-corrected chi connectivity index (χ1v) is 8.51. The number of hydrogen-bond acceptors (Lipinski definition) is 3. The zero-order valence-electron chi connectivity index (χ0n) is 14.8. The number of para-hydroxylation sites is 1. The number of amides is 1. The van der Waals surface area contributed by atoms with Crippen LogP contribution in [0.25, 0.3) is 21.8 Å². The Kier molecular flexibility index (Phi) is 3.68. The predicted molar refractivity (Wildman–Crippen MR) is 102 cm³/mol. The molecule has 6 nitrogen and oxygen atoms in total. The number of carbonyl (C=O) groups excluding carboxylic acids is 1. The van der Waals surface area contributed by atoms with Crippen LogP contribution in [0, 0.1) is 6.92 Å². The van der Waals surface area contributed by atoms with Crippen LogP contribution in [-0.2, 0) is 13.5 Å². The second-order valence-corrected chi connectivity index (χ2v) is 6.37. The van der Waals surface area contributed by atoms with Gasteiger partial charge >= 0.3 is 5.63 Å². The molecule has 0 atom stereocenters. The summed E-state index contributed by atoms with van der Waals surface area (Å²) in [6.07, 6.45) is 0.941. The van der Waals surface area contributed by atoms with Crippen molar-refractivity contribution in [3.05, 3.63) is 63.6 Å². The smallest absolute Gasteiger partial charge is 0.354 e. The molecular formula is C20H19N3O3. The van der Waals surface area contributed by atoms with E-state index < -0.39 is 11.5 Å². The lowest BCUT2D eigenvalue weighted by Gasteiger charge is -2.04. The van der Waals surface area contributed by atoms with Crippen molar-refractivity contribution in [1.82, 2.24) is 9.72 Å². The SMILES string of the molecule is CCc1cccc2c1[nH]c1cc(NC(=O)c3c(C)n(C)oc3=O)ccc12. The number of carbonyl (C=O) groups is 1. The standard InChI is InChI=1S/C20H19N3O3/c1-4-12-6-5-7-15-14-9-8-13(10-16(14)22-18(12)15)21-19(24)17-11(2)23(3)26-20(17)25/h5-10,22H,4H2,1-3H3,(H,21,24). The Balaban J connectivity index is 1.75. The van der Waals surface area contributed by atoms with E-state index in [2.05, 4.69) is 35.4 Å². The fourth-order valence-corrected chi connectivity index (χ4v) is 3.36. The van der Waals surface area contributed by atoms with Crippen molar-refractivity contribution in [2.75, 3.05) is 5.32 Å². The van der Waals surface area contributed by atoms with Crippen molar-refractivity contribution in [3.8, 4) is 0 Å². The summed E-state index contributed by atoms with van der Waals surface area (Å²) in [5.74, 6) is -0.471. The molecule has 2 aromatic carbocycles. The van der Waals surface area contributed by atoms with Crippen molar-refractivity contribution in [1.29, 1.82) is 0 Å². The Hall–Kier alpha value is -3.28. The second kappa shape index (κ2) is 5.91. The van der Waals surface area contributed by atoms with Crippen molar-refractivity contribution >= 4 is 33.4 Å². The minimum Gasteiger partial charge on any atom is -0.354 e. The maximum absolute atomic E-state index is 12.5. The summed E-state index contributed by atoms with van der Waals surface area (Å²) in [5, 5.41) is 5.05. The fraction of sp³-hybridized carbons (Fsp3) is 0.200. The fourth-order valence-electron chi connectivity index (χ4n) is 3.36. The molecule has 0 aliphatic heterocycles. The Morgan fingerprint density at radius 3 is 2.73 bits per heavy atom. The van der Waals surface area contributed by atoms with Crippen LogP contribution in [0.5, 0.6) is 0 Å². The molecular weight excluding hydrogens is 330 g/mol. The molecule has 0 saturated carbocycles. The molecule has 0 spiro atoms. The molecule has 4 rings (SSSR count). The van der Waals surface area contributed by atoms with Gasteiger partial charge in [-0.25, -0.2) is 9.53 Å². The van der Waals surface area contributed by atoms with Gasteiger partial charge in [0, 0.05) is 34.5 Å². The van der Waals surface area contributed by atoms with Gasteiger partial charge in [0.1, 0.15) is 5.56 Å². The van der Waals surface area contributed by atoms with Crippen LogP contribution in [0.4, 0.5) is 5.69 Å². The summed E-state index contributed by atoms with van der Waals surface area (Å²) in [7, 11) is 1.59. The maximum atomic E-state index is 12.5. The van der Waals surface area contributed by atoms with Gasteiger partial charge in [-0.1, -0.05) is 31.2 Å². The molecule has 0 aliphatic rings. The summed E-state index contributed by atoms with van der Waals surface area (Å²) in [4.78, 5) is 27.8. The number of benzene rings is 2. The first kappa shape index (κ1) is 16.2. The zero-order valence-corrected chi connectivity index (χ0v) is 14.8. The van der Waals surface area contributed by atoms with E-state index in [1.807, 2.05) is 18.2 Å². The van der Waals surface area contributed by atoms with Gasteiger partial charge in [0.15, 0.2) is 0 Å². The quantitative estimate of drug-likeness (QED) is 0.591. The van der Waals surface area contributed by atoms with Gasteiger partial charge in [0.25, 0.3) is 5.91 Å². The van der Waals surface area contributed by atoms with Gasteiger partial charge in [-0.15, -0.1) is 0 Å². The van der Waals surface area contributed by atoms with Crippen LogP contribution in [0.3, 0.4) is 0 Å². The highest BCUT2D eigenvalue weighted by Gasteiger charge is 2.20. The van der Waals surface area contributed by atoms with Crippen molar-refractivity contribution in [2.24, 2.45) is 7.05 Å². The monoisotopic (exact) mass is 349 g/mol. The van der Waals surface area contributed by atoms with Gasteiger partial charge in [-0.3, -0.25) is 4.79 Å². The lowest BCUT2D eigenvalue weighted by molar-refractivity contribution is 0.102. The molecule has 6 heteroatoms. The maximum Gasteiger partial charge on any atom is 0.370 e. The Morgan fingerprint density at radius 1 is 1.23 bits per heavy atom. The molecule has 4 aromatic rings. The molecule has 1 amide bonds. The number of aryl methyl sites for hydroxylation is 2. The zero-order chi connectivity index (χ0) is 18.4. The van der Waals surface area contributed by atoms with E-state index >= 15 is 0 Å². The van der Waals surface area contributed by atoms with E-state index in [1.165, 1.54) is 10.3 Å². The average molecular weight is 349 g/mol. The van der Waals surface area contributed by atoms with Crippen molar-refractivity contribution < 1.29 is 9.32 Å². The number of anilines is 1. The molecule has 2 heterocycles. The number of fused-ring (bicyclic) bond motifs is 3. The van der Waals surface area contributed by atoms with Crippen molar-refractivity contribution in [3.63, 3.8) is 0 Å². The third-order valence-corrected chi connectivity index (χ3v) is 4.84.